The monoisotopic (exact) mass is 341 g/mol. The Morgan fingerprint density at radius 2 is 1.95 bits per heavy atom. The van der Waals surface area contributed by atoms with E-state index in [4.69, 9.17) is 23.2 Å². The molecule has 5 heteroatoms. The number of hydrogen-bond acceptors (Lipinski definition) is 1. The van der Waals surface area contributed by atoms with Crippen LogP contribution in [-0.4, -0.2) is 25.0 Å². The van der Waals surface area contributed by atoms with Gasteiger partial charge in [0.25, 0.3) is 5.91 Å². The molecule has 1 aromatic carbocycles. The summed E-state index contributed by atoms with van der Waals surface area (Å²) in [6, 6.07) is 5.99. The molecule has 0 radical (unpaired) electrons. The van der Waals surface area contributed by atoms with Crippen molar-refractivity contribution >= 4 is 34.8 Å². The molecule has 1 heterocycles. The van der Waals surface area contributed by atoms with E-state index in [9.17, 15) is 4.79 Å². The Kier molecular flexibility index (Phi) is 5.27. The van der Waals surface area contributed by atoms with Crippen molar-refractivity contribution in [2.45, 2.75) is 44.6 Å². The van der Waals surface area contributed by atoms with E-state index in [2.05, 4.69) is 5.32 Å². The Labute approximate surface area is 142 Å². The van der Waals surface area contributed by atoms with Crippen molar-refractivity contribution < 1.29 is 9.69 Å². The van der Waals surface area contributed by atoms with E-state index in [1.807, 2.05) is 0 Å². The van der Waals surface area contributed by atoms with Crippen LogP contribution in [-0.2, 0) is 4.79 Å². The summed E-state index contributed by atoms with van der Waals surface area (Å²) >= 11 is 12.1. The van der Waals surface area contributed by atoms with Gasteiger partial charge in [0, 0.05) is 5.92 Å². The molecule has 3 rings (SSSR count). The number of quaternary nitrogens is 1. The summed E-state index contributed by atoms with van der Waals surface area (Å²) in [7, 11) is 0. The molecular formula is C17H23Cl2N2O+. The summed E-state index contributed by atoms with van der Waals surface area (Å²) in [5.74, 6) is 0.852. The van der Waals surface area contributed by atoms with Crippen molar-refractivity contribution in [1.29, 1.82) is 0 Å². The standard InChI is InChI=1S/C17H22Cl2N2O/c18-13-7-3-8-14(17(13)19)20-16(22)11-21-10-4-6-12-5-1-2-9-15(12)21/h3,7-8,12,15H,1-2,4-6,9-11H2,(H,20,22)/p+1/t12-,15-/m0/s1. The number of rotatable bonds is 3. The zero-order valence-electron chi connectivity index (χ0n) is 12.7. The molecule has 2 fully saturated rings. The average Bonchev–Trinajstić information content (AvgIpc) is 2.52. The first-order chi connectivity index (χ1) is 10.6. The van der Waals surface area contributed by atoms with E-state index in [0.717, 1.165) is 12.5 Å². The third-order valence-corrected chi connectivity index (χ3v) is 5.94. The molecule has 0 spiro atoms. The third-order valence-electron chi connectivity index (χ3n) is 5.12. The molecule has 0 bridgehead atoms. The molecule has 1 saturated carbocycles. The van der Waals surface area contributed by atoms with Crippen LogP contribution in [0, 0.1) is 5.92 Å². The normalized spacial score (nSPS) is 28.0. The van der Waals surface area contributed by atoms with E-state index in [1.165, 1.54) is 43.4 Å². The third kappa shape index (κ3) is 3.58. The first-order valence-corrected chi connectivity index (χ1v) is 8.99. The molecule has 1 saturated heterocycles. The first kappa shape index (κ1) is 16.1. The van der Waals surface area contributed by atoms with Crippen molar-refractivity contribution in [3.63, 3.8) is 0 Å². The highest BCUT2D eigenvalue weighted by atomic mass is 35.5. The van der Waals surface area contributed by atoms with Crippen molar-refractivity contribution in [3.8, 4) is 0 Å². The van der Waals surface area contributed by atoms with Crippen LogP contribution in [0.15, 0.2) is 18.2 Å². The minimum atomic E-state index is 0.0328. The minimum Gasteiger partial charge on any atom is -0.324 e. The van der Waals surface area contributed by atoms with E-state index in [0.29, 0.717) is 28.3 Å². The van der Waals surface area contributed by atoms with Crippen LogP contribution in [0.4, 0.5) is 5.69 Å². The first-order valence-electron chi connectivity index (χ1n) is 8.23. The Balaban J connectivity index is 1.62. The van der Waals surface area contributed by atoms with Gasteiger partial charge < -0.3 is 10.2 Å². The molecule has 3 atom stereocenters. The Bertz CT molecular complexity index is 547. The quantitative estimate of drug-likeness (QED) is 0.869. The number of nitrogens with one attached hydrogen (secondary N) is 2. The van der Waals surface area contributed by atoms with Crippen LogP contribution in [0.2, 0.25) is 10.0 Å². The van der Waals surface area contributed by atoms with E-state index >= 15 is 0 Å². The van der Waals surface area contributed by atoms with E-state index in [1.54, 1.807) is 18.2 Å². The maximum Gasteiger partial charge on any atom is 0.279 e. The maximum atomic E-state index is 12.4. The van der Waals surface area contributed by atoms with Crippen LogP contribution < -0.4 is 10.2 Å². The molecule has 0 aromatic heterocycles. The second kappa shape index (κ2) is 7.20. The molecule has 120 valence electrons. The van der Waals surface area contributed by atoms with Crippen molar-refractivity contribution in [1.82, 2.24) is 0 Å². The zero-order chi connectivity index (χ0) is 15.5. The number of fused-ring (bicyclic) bond motifs is 1. The minimum absolute atomic E-state index is 0.0328. The maximum absolute atomic E-state index is 12.4. The molecule has 1 aliphatic heterocycles. The van der Waals surface area contributed by atoms with Gasteiger partial charge in [0.05, 0.1) is 28.3 Å². The molecule has 3 nitrogen and oxygen atoms in total. The number of halogens is 2. The summed E-state index contributed by atoms with van der Waals surface area (Å²) in [4.78, 5) is 13.8. The fraction of sp³-hybridized carbons (Fsp3) is 0.588. The van der Waals surface area contributed by atoms with Crippen molar-refractivity contribution in [2.75, 3.05) is 18.4 Å². The van der Waals surface area contributed by atoms with Crippen LogP contribution in [0.1, 0.15) is 38.5 Å². The van der Waals surface area contributed by atoms with Gasteiger partial charge in [-0.15, -0.1) is 0 Å². The number of carbonyl (C=O) groups is 1. The van der Waals surface area contributed by atoms with Crippen molar-refractivity contribution in [3.05, 3.63) is 28.2 Å². The van der Waals surface area contributed by atoms with Gasteiger partial charge >= 0.3 is 0 Å². The Morgan fingerprint density at radius 3 is 2.82 bits per heavy atom. The average molecular weight is 342 g/mol. The second-order valence-corrected chi connectivity index (χ2v) is 7.31. The summed E-state index contributed by atoms with van der Waals surface area (Å²) < 4.78 is 0. The number of likely N-dealkylation sites (tertiary alicyclic amines) is 1. The van der Waals surface area contributed by atoms with Gasteiger partial charge in [-0.3, -0.25) is 4.79 Å². The lowest BCUT2D eigenvalue weighted by atomic mass is 9.78. The van der Waals surface area contributed by atoms with Crippen LogP contribution in [0.3, 0.4) is 0 Å². The lowest BCUT2D eigenvalue weighted by Crippen LogP contribution is -3.18. The lowest BCUT2D eigenvalue weighted by Gasteiger charge is -2.40. The second-order valence-electron chi connectivity index (χ2n) is 6.53. The zero-order valence-corrected chi connectivity index (χ0v) is 14.2. The molecular weight excluding hydrogens is 319 g/mol. The van der Waals surface area contributed by atoms with Crippen molar-refractivity contribution in [2.24, 2.45) is 5.92 Å². The SMILES string of the molecule is O=C(C[NH+]1CCC[C@@H]2CCCC[C@@H]21)Nc1cccc(Cl)c1Cl. The molecule has 1 aromatic rings. The van der Waals surface area contributed by atoms with Gasteiger partial charge in [-0.25, -0.2) is 0 Å². The fourth-order valence-corrected chi connectivity index (χ4v) is 4.44. The molecule has 1 amide bonds. The molecule has 1 unspecified atom stereocenters. The number of hydrogen-bond donors (Lipinski definition) is 2. The van der Waals surface area contributed by atoms with Gasteiger partial charge in [-0.2, -0.15) is 0 Å². The largest absolute Gasteiger partial charge is 0.324 e. The lowest BCUT2D eigenvalue weighted by molar-refractivity contribution is -0.928. The molecule has 1 aliphatic carbocycles. The summed E-state index contributed by atoms with van der Waals surface area (Å²) in [6.07, 6.45) is 7.86. The summed E-state index contributed by atoms with van der Waals surface area (Å²) in [5, 5.41) is 3.81. The van der Waals surface area contributed by atoms with Crippen LogP contribution in [0.5, 0.6) is 0 Å². The van der Waals surface area contributed by atoms with E-state index in [-0.39, 0.29) is 5.91 Å². The van der Waals surface area contributed by atoms with Gasteiger partial charge in [0.1, 0.15) is 0 Å². The number of amides is 1. The highest BCUT2D eigenvalue weighted by molar-refractivity contribution is 6.43. The van der Waals surface area contributed by atoms with Crippen LogP contribution in [0.25, 0.3) is 0 Å². The Morgan fingerprint density at radius 1 is 1.18 bits per heavy atom. The van der Waals surface area contributed by atoms with Crippen LogP contribution >= 0.6 is 23.2 Å². The predicted octanol–water partition coefficient (Wildman–Crippen LogP) is 3.17. The molecule has 2 N–H and O–H groups in total. The van der Waals surface area contributed by atoms with E-state index < -0.39 is 0 Å². The number of anilines is 1. The number of piperidine rings is 1. The number of benzene rings is 1. The summed E-state index contributed by atoms with van der Waals surface area (Å²) in [5.41, 5.74) is 0.607. The Hall–Kier alpha value is -0.770. The van der Waals surface area contributed by atoms with Gasteiger partial charge in [-0.05, 0) is 44.2 Å². The van der Waals surface area contributed by atoms with Gasteiger partial charge in [-0.1, -0.05) is 35.7 Å². The fourth-order valence-electron chi connectivity index (χ4n) is 4.09. The molecule has 22 heavy (non-hydrogen) atoms. The topological polar surface area (TPSA) is 33.5 Å². The van der Waals surface area contributed by atoms with Gasteiger partial charge in [0.15, 0.2) is 6.54 Å². The number of carbonyl (C=O) groups excluding carboxylic acids is 1. The predicted molar refractivity (Wildman–Crippen MR) is 90.8 cm³/mol. The van der Waals surface area contributed by atoms with Gasteiger partial charge in [0.2, 0.25) is 0 Å². The highest BCUT2D eigenvalue weighted by Gasteiger charge is 2.37. The summed E-state index contributed by atoms with van der Waals surface area (Å²) in [6.45, 7) is 1.64. The molecule has 2 aliphatic rings. The highest BCUT2D eigenvalue weighted by Crippen LogP contribution is 2.30. The smallest absolute Gasteiger partial charge is 0.279 e.